The van der Waals surface area contributed by atoms with Crippen LogP contribution in [0.2, 0.25) is 0 Å². The van der Waals surface area contributed by atoms with Gasteiger partial charge < -0.3 is 20.0 Å². The van der Waals surface area contributed by atoms with E-state index < -0.39 is 12.7 Å². The molecule has 1 rings (SSSR count). The summed E-state index contributed by atoms with van der Waals surface area (Å²) in [6.45, 7) is 2.41. The molecule has 1 amide bonds. The second-order valence-corrected chi connectivity index (χ2v) is 3.33. The van der Waals surface area contributed by atoms with Gasteiger partial charge in [-0.25, -0.2) is 0 Å². The molecule has 2 N–H and O–H groups in total. The summed E-state index contributed by atoms with van der Waals surface area (Å²) in [5, 5.41) is 17.7. The Morgan fingerprint density at radius 2 is 1.92 bits per heavy atom. The van der Waals surface area contributed by atoms with E-state index in [0.717, 1.165) is 13.1 Å². The van der Waals surface area contributed by atoms with Crippen molar-refractivity contribution in [1.82, 2.24) is 9.80 Å². The van der Waals surface area contributed by atoms with E-state index in [1.807, 2.05) is 7.05 Å². The van der Waals surface area contributed by atoms with Crippen molar-refractivity contribution in [3.05, 3.63) is 0 Å². The molecule has 1 atom stereocenters. The number of amides is 1. The van der Waals surface area contributed by atoms with Crippen molar-refractivity contribution in [2.24, 2.45) is 0 Å². The standard InChI is InChI=1S/C8H16N2O3/c1-9-2-4-10(5-3-9)8(13)7(12)6-11/h7,11-12H,2-6H2,1H3. The third kappa shape index (κ3) is 2.65. The summed E-state index contributed by atoms with van der Waals surface area (Å²) < 4.78 is 0. The molecule has 0 aromatic heterocycles. The average molecular weight is 188 g/mol. The lowest BCUT2D eigenvalue weighted by Crippen LogP contribution is -2.50. The Hall–Kier alpha value is -0.650. The Morgan fingerprint density at radius 3 is 2.38 bits per heavy atom. The SMILES string of the molecule is CN1CCN(C(=O)C(O)CO)CC1. The molecule has 76 valence electrons. The first kappa shape index (κ1) is 10.4. The molecule has 5 heteroatoms. The first-order valence-electron chi connectivity index (χ1n) is 4.41. The monoisotopic (exact) mass is 188 g/mol. The van der Waals surface area contributed by atoms with E-state index >= 15 is 0 Å². The van der Waals surface area contributed by atoms with Crippen LogP contribution in [0, 0.1) is 0 Å². The van der Waals surface area contributed by atoms with E-state index in [-0.39, 0.29) is 5.91 Å². The molecule has 0 radical (unpaired) electrons. The van der Waals surface area contributed by atoms with Gasteiger partial charge in [0.2, 0.25) is 0 Å². The summed E-state index contributed by atoms with van der Waals surface area (Å²) in [4.78, 5) is 15.0. The topological polar surface area (TPSA) is 64.0 Å². The average Bonchev–Trinajstić information content (AvgIpc) is 2.17. The Balaban J connectivity index is 2.40. The zero-order valence-electron chi connectivity index (χ0n) is 7.81. The molecule has 0 bridgehead atoms. The highest BCUT2D eigenvalue weighted by molar-refractivity contribution is 5.80. The molecular weight excluding hydrogens is 172 g/mol. The fraction of sp³-hybridized carbons (Fsp3) is 0.875. The fourth-order valence-corrected chi connectivity index (χ4v) is 1.32. The van der Waals surface area contributed by atoms with Crippen molar-refractivity contribution in [1.29, 1.82) is 0 Å². The van der Waals surface area contributed by atoms with E-state index in [0.29, 0.717) is 13.1 Å². The molecule has 0 aliphatic carbocycles. The normalized spacial score (nSPS) is 21.6. The summed E-state index contributed by atoms with van der Waals surface area (Å²) in [7, 11) is 1.99. The van der Waals surface area contributed by atoms with Gasteiger partial charge in [0.05, 0.1) is 6.61 Å². The van der Waals surface area contributed by atoms with Gasteiger partial charge >= 0.3 is 0 Å². The van der Waals surface area contributed by atoms with Crippen LogP contribution in [0.3, 0.4) is 0 Å². The predicted octanol–water partition coefficient (Wildman–Crippen LogP) is -1.89. The van der Waals surface area contributed by atoms with Crippen LogP contribution in [-0.4, -0.2) is 71.9 Å². The number of hydrogen-bond acceptors (Lipinski definition) is 4. The van der Waals surface area contributed by atoms with E-state index in [9.17, 15) is 4.79 Å². The first-order valence-corrected chi connectivity index (χ1v) is 4.41. The predicted molar refractivity (Wildman–Crippen MR) is 47.2 cm³/mol. The zero-order chi connectivity index (χ0) is 9.84. The van der Waals surface area contributed by atoms with Gasteiger partial charge in [0.1, 0.15) is 0 Å². The number of aliphatic hydroxyl groups is 2. The summed E-state index contributed by atoms with van der Waals surface area (Å²) in [6, 6.07) is 0. The minimum Gasteiger partial charge on any atom is -0.393 e. The minimum atomic E-state index is -1.25. The van der Waals surface area contributed by atoms with Gasteiger partial charge in [0.15, 0.2) is 6.10 Å². The Bertz CT molecular complexity index is 178. The van der Waals surface area contributed by atoms with Gasteiger partial charge in [-0.1, -0.05) is 0 Å². The van der Waals surface area contributed by atoms with Crippen molar-refractivity contribution < 1.29 is 15.0 Å². The van der Waals surface area contributed by atoms with Crippen molar-refractivity contribution in [2.45, 2.75) is 6.10 Å². The molecule has 1 heterocycles. The quantitative estimate of drug-likeness (QED) is 0.532. The highest BCUT2D eigenvalue weighted by Crippen LogP contribution is 2.01. The third-order valence-electron chi connectivity index (χ3n) is 2.27. The Labute approximate surface area is 77.6 Å². The molecular formula is C8H16N2O3. The number of rotatable bonds is 2. The number of carbonyl (C=O) groups excluding carboxylic acids is 1. The van der Waals surface area contributed by atoms with E-state index in [2.05, 4.69) is 4.90 Å². The molecule has 0 aromatic carbocycles. The van der Waals surface area contributed by atoms with Crippen LogP contribution >= 0.6 is 0 Å². The van der Waals surface area contributed by atoms with E-state index in [1.165, 1.54) is 0 Å². The van der Waals surface area contributed by atoms with E-state index in [1.54, 1.807) is 4.90 Å². The summed E-state index contributed by atoms with van der Waals surface area (Å²) in [5.74, 6) is -0.365. The molecule has 1 aliphatic heterocycles. The van der Waals surface area contributed by atoms with Gasteiger partial charge in [-0.3, -0.25) is 4.79 Å². The van der Waals surface area contributed by atoms with Gasteiger partial charge in [-0.05, 0) is 7.05 Å². The molecule has 1 saturated heterocycles. The number of hydrogen-bond donors (Lipinski definition) is 2. The van der Waals surface area contributed by atoms with Crippen LogP contribution in [0.4, 0.5) is 0 Å². The molecule has 0 spiro atoms. The second kappa shape index (κ2) is 4.55. The smallest absolute Gasteiger partial charge is 0.253 e. The first-order chi connectivity index (χ1) is 6.15. The van der Waals surface area contributed by atoms with Crippen molar-refractivity contribution in [3.8, 4) is 0 Å². The van der Waals surface area contributed by atoms with Crippen molar-refractivity contribution in [2.75, 3.05) is 39.8 Å². The van der Waals surface area contributed by atoms with E-state index in [4.69, 9.17) is 10.2 Å². The molecule has 5 nitrogen and oxygen atoms in total. The van der Waals surface area contributed by atoms with Crippen molar-refractivity contribution >= 4 is 5.91 Å². The highest BCUT2D eigenvalue weighted by atomic mass is 16.3. The number of piperazine rings is 1. The molecule has 1 fully saturated rings. The van der Waals surface area contributed by atoms with Gasteiger partial charge in [0.25, 0.3) is 5.91 Å². The lowest BCUT2D eigenvalue weighted by Gasteiger charge is -2.33. The van der Waals surface area contributed by atoms with Crippen LogP contribution in [-0.2, 0) is 4.79 Å². The summed E-state index contributed by atoms with van der Waals surface area (Å²) in [6.07, 6.45) is -1.25. The zero-order valence-corrected chi connectivity index (χ0v) is 7.81. The number of carbonyl (C=O) groups is 1. The second-order valence-electron chi connectivity index (χ2n) is 3.33. The number of nitrogens with zero attached hydrogens (tertiary/aromatic N) is 2. The lowest BCUT2D eigenvalue weighted by atomic mass is 10.2. The fourth-order valence-electron chi connectivity index (χ4n) is 1.32. The molecule has 13 heavy (non-hydrogen) atoms. The summed E-state index contributed by atoms with van der Waals surface area (Å²) >= 11 is 0. The number of aliphatic hydroxyl groups excluding tert-OH is 2. The molecule has 0 saturated carbocycles. The summed E-state index contributed by atoms with van der Waals surface area (Å²) in [5.41, 5.74) is 0. The Kier molecular flexibility index (Phi) is 3.65. The lowest BCUT2D eigenvalue weighted by molar-refractivity contribution is -0.143. The maximum absolute atomic E-state index is 11.3. The molecule has 1 aliphatic rings. The van der Waals surface area contributed by atoms with Crippen LogP contribution in [0.1, 0.15) is 0 Å². The van der Waals surface area contributed by atoms with Crippen molar-refractivity contribution in [3.63, 3.8) is 0 Å². The molecule has 1 unspecified atom stereocenters. The van der Waals surface area contributed by atoms with Gasteiger partial charge in [-0.2, -0.15) is 0 Å². The van der Waals surface area contributed by atoms with Crippen LogP contribution in [0.15, 0.2) is 0 Å². The largest absolute Gasteiger partial charge is 0.393 e. The van der Waals surface area contributed by atoms with Gasteiger partial charge in [0, 0.05) is 26.2 Å². The van der Waals surface area contributed by atoms with Crippen LogP contribution < -0.4 is 0 Å². The minimum absolute atomic E-state index is 0.365. The van der Waals surface area contributed by atoms with Crippen LogP contribution in [0.25, 0.3) is 0 Å². The molecule has 0 aromatic rings. The maximum atomic E-state index is 11.3. The maximum Gasteiger partial charge on any atom is 0.253 e. The number of likely N-dealkylation sites (N-methyl/N-ethyl adjacent to an activating group) is 1. The van der Waals surface area contributed by atoms with Gasteiger partial charge in [-0.15, -0.1) is 0 Å². The third-order valence-corrected chi connectivity index (χ3v) is 2.27. The Morgan fingerprint density at radius 1 is 1.38 bits per heavy atom. The van der Waals surface area contributed by atoms with Crippen LogP contribution in [0.5, 0.6) is 0 Å². The highest BCUT2D eigenvalue weighted by Gasteiger charge is 2.23.